The highest BCUT2D eigenvalue weighted by molar-refractivity contribution is 5.12. The number of rotatable bonds is 7. The molecule has 98 valence electrons. The first kappa shape index (κ1) is 12.1. The zero-order chi connectivity index (χ0) is 12.4. The fourth-order valence-corrected chi connectivity index (χ4v) is 2.40. The van der Waals surface area contributed by atoms with Gasteiger partial charge in [0.1, 0.15) is 0 Å². The predicted octanol–water partition coefficient (Wildman–Crippen LogP) is 2.32. The van der Waals surface area contributed by atoms with E-state index in [1.807, 2.05) is 0 Å². The van der Waals surface area contributed by atoms with Crippen LogP contribution in [-0.4, -0.2) is 28.5 Å². The van der Waals surface area contributed by atoms with Crippen LogP contribution in [0.5, 0.6) is 0 Å². The maximum Gasteiger partial charge on any atom is 0.0547 e. The summed E-state index contributed by atoms with van der Waals surface area (Å²) in [6.45, 7) is 5.32. The van der Waals surface area contributed by atoms with Crippen molar-refractivity contribution in [3.05, 3.63) is 29.6 Å². The largest absolute Gasteiger partial charge is 0.308 e. The zero-order valence-electron chi connectivity index (χ0n) is 11.2. The van der Waals surface area contributed by atoms with E-state index in [1.165, 1.54) is 37.1 Å². The third-order valence-corrected chi connectivity index (χ3v) is 3.85. The Morgan fingerprint density at radius 3 is 2.67 bits per heavy atom. The third-order valence-electron chi connectivity index (χ3n) is 3.85. The minimum absolute atomic E-state index is 0.758. The Balaban J connectivity index is 1.58. The Morgan fingerprint density at radius 2 is 2.00 bits per heavy atom. The lowest BCUT2D eigenvalue weighted by Crippen LogP contribution is -2.26. The molecular formula is C15H23N3. The molecule has 0 radical (unpaired) electrons. The summed E-state index contributed by atoms with van der Waals surface area (Å²) in [5.74, 6) is 0. The van der Waals surface area contributed by atoms with Crippen molar-refractivity contribution in [2.24, 2.45) is 0 Å². The van der Waals surface area contributed by atoms with E-state index in [4.69, 9.17) is 4.98 Å². The number of hydrogen-bond donors (Lipinski definition) is 1. The topological polar surface area (TPSA) is 28.2 Å². The molecule has 1 aromatic rings. The summed E-state index contributed by atoms with van der Waals surface area (Å²) in [7, 11) is 0. The van der Waals surface area contributed by atoms with Crippen molar-refractivity contribution in [1.29, 1.82) is 0 Å². The summed E-state index contributed by atoms with van der Waals surface area (Å²) in [6.07, 6.45) is 5.42. The van der Waals surface area contributed by atoms with Gasteiger partial charge in [-0.25, -0.2) is 0 Å². The predicted molar refractivity (Wildman–Crippen MR) is 73.2 cm³/mol. The number of nitrogens with one attached hydrogen (secondary N) is 1. The lowest BCUT2D eigenvalue weighted by molar-refractivity contribution is 0.266. The molecule has 0 unspecified atom stereocenters. The van der Waals surface area contributed by atoms with Crippen molar-refractivity contribution in [3.63, 3.8) is 0 Å². The Kier molecular flexibility index (Phi) is 3.62. The second kappa shape index (κ2) is 5.37. The molecule has 0 spiro atoms. The van der Waals surface area contributed by atoms with Gasteiger partial charge in [0.25, 0.3) is 0 Å². The van der Waals surface area contributed by atoms with Crippen molar-refractivity contribution in [1.82, 2.24) is 15.2 Å². The second-order valence-electron chi connectivity index (χ2n) is 5.57. The van der Waals surface area contributed by atoms with Crippen molar-refractivity contribution in [2.45, 2.75) is 57.8 Å². The molecule has 2 aliphatic carbocycles. The van der Waals surface area contributed by atoms with Gasteiger partial charge in [0.05, 0.1) is 11.4 Å². The first-order valence-corrected chi connectivity index (χ1v) is 7.27. The van der Waals surface area contributed by atoms with Gasteiger partial charge in [-0.2, -0.15) is 0 Å². The van der Waals surface area contributed by atoms with Gasteiger partial charge in [-0.05, 0) is 44.4 Å². The van der Waals surface area contributed by atoms with Gasteiger partial charge in [0.2, 0.25) is 0 Å². The third kappa shape index (κ3) is 3.30. The molecule has 2 fully saturated rings. The normalized spacial score (nSPS) is 19.4. The van der Waals surface area contributed by atoms with Crippen LogP contribution in [0.25, 0.3) is 0 Å². The maximum absolute atomic E-state index is 4.77. The summed E-state index contributed by atoms with van der Waals surface area (Å²) in [5, 5.41) is 3.53. The Labute approximate surface area is 110 Å². The van der Waals surface area contributed by atoms with Crippen molar-refractivity contribution in [3.8, 4) is 0 Å². The van der Waals surface area contributed by atoms with Gasteiger partial charge in [0.15, 0.2) is 0 Å². The average molecular weight is 245 g/mol. The Hall–Kier alpha value is -0.930. The highest BCUT2D eigenvalue weighted by atomic mass is 15.2. The number of hydrogen-bond acceptors (Lipinski definition) is 3. The van der Waals surface area contributed by atoms with Crippen LogP contribution in [0.2, 0.25) is 0 Å². The van der Waals surface area contributed by atoms with Gasteiger partial charge in [-0.1, -0.05) is 13.0 Å². The van der Waals surface area contributed by atoms with E-state index >= 15 is 0 Å². The van der Waals surface area contributed by atoms with Gasteiger partial charge in [-0.15, -0.1) is 0 Å². The molecule has 1 heterocycles. The van der Waals surface area contributed by atoms with E-state index in [0.29, 0.717) is 0 Å². The fraction of sp³-hybridized carbons (Fsp3) is 0.667. The number of pyridine rings is 1. The second-order valence-corrected chi connectivity index (χ2v) is 5.57. The minimum atomic E-state index is 0.758. The Bertz CT molecular complexity index is 396. The smallest absolute Gasteiger partial charge is 0.0547 e. The molecule has 0 saturated heterocycles. The van der Waals surface area contributed by atoms with Gasteiger partial charge in [-0.3, -0.25) is 9.88 Å². The van der Waals surface area contributed by atoms with Crippen LogP contribution in [0, 0.1) is 0 Å². The lowest BCUT2D eigenvalue weighted by atomic mass is 10.2. The van der Waals surface area contributed by atoms with Crippen molar-refractivity contribution < 1.29 is 0 Å². The molecule has 0 bridgehead atoms. The molecule has 0 atom stereocenters. The highest BCUT2D eigenvalue weighted by Crippen LogP contribution is 2.27. The summed E-state index contributed by atoms with van der Waals surface area (Å²) in [6, 6.07) is 8.02. The summed E-state index contributed by atoms with van der Waals surface area (Å²) in [4.78, 5) is 7.31. The monoisotopic (exact) mass is 245 g/mol. The van der Waals surface area contributed by atoms with Gasteiger partial charge >= 0.3 is 0 Å². The van der Waals surface area contributed by atoms with E-state index in [9.17, 15) is 0 Å². The molecular weight excluding hydrogens is 222 g/mol. The summed E-state index contributed by atoms with van der Waals surface area (Å²) < 4.78 is 0. The fourth-order valence-electron chi connectivity index (χ4n) is 2.40. The van der Waals surface area contributed by atoms with Crippen LogP contribution in [0.15, 0.2) is 18.2 Å². The van der Waals surface area contributed by atoms with Crippen LogP contribution in [0.4, 0.5) is 0 Å². The molecule has 1 aromatic heterocycles. The summed E-state index contributed by atoms with van der Waals surface area (Å²) >= 11 is 0. The van der Waals surface area contributed by atoms with Crippen LogP contribution in [0.3, 0.4) is 0 Å². The SMILES string of the molecule is CCN(Cc1cccc(CNC2CC2)n1)C1CC1. The number of nitrogens with zero attached hydrogens (tertiary/aromatic N) is 2. The average Bonchev–Trinajstić information content (AvgIpc) is 3.28. The van der Waals surface area contributed by atoms with Crippen molar-refractivity contribution >= 4 is 0 Å². The van der Waals surface area contributed by atoms with E-state index in [1.54, 1.807) is 0 Å². The number of aromatic nitrogens is 1. The molecule has 3 nitrogen and oxygen atoms in total. The minimum Gasteiger partial charge on any atom is -0.308 e. The molecule has 2 aliphatic rings. The molecule has 3 heteroatoms. The molecule has 18 heavy (non-hydrogen) atoms. The van der Waals surface area contributed by atoms with Crippen LogP contribution < -0.4 is 5.32 Å². The van der Waals surface area contributed by atoms with Crippen molar-refractivity contribution in [2.75, 3.05) is 6.54 Å². The van der Waals surface area contributed by atoms with Gasteiger partial charge in [0, 0.05) is 25.2 Å². The molecule has 3 rings (SSSR count). The molecule has 0 aromatic carbocycles. The van der Waals surface area contributed by atoms with E-state index in [2.05, 4.69) is 35.3 Å². The van der Waals surface area contributed by atoms with E-state index < -0.39 is 0 Å². The Morgan fingerprint density at radius 1 is 1.22 bits per heavy atom. The highest BCUT2D eigenvalue weighted by Gasteiger charge is 2.27. The molecule has 0 aliphatic heterocycles. The van der Waals surface area contributed by atoms with Crippen LogP contribution >= 0.6 is 0 Å². The lowest BCUT2D eigenvalue weighted by Gasteiger charge is -2.19. The molecule has 2 saturated carbocycles. The molecule has 1 N–H and O–H groups in total. The van der Waals surface area contributed by atoms with E-state index in [0.717, 1.165) is 31.7 Å². The first-order chi connectivity index (χ1) is 8.85. The van der Waals surface area contributed by atoms with Crippen LogP contribution in [0.1, 0.15) is 44.0 Å². The van der Waals surface area contributed by atoms with E-state index in [-0.39, 0.29) is 0 Å². The van der Waals surface area contributed by atoms with Crippen LogP contribution in [-0.2, 0) is 13.1 Å². The van der Waals surface area contributed by atoms with Gasteiger partial charge < -0.3 is 5.32 Å². The maximum atomic E-state index is 4.77. The zero-order valence-corrected chi connectivity index (χ0v) is 11.2. The quantitative estimate of drug-likeness (QED) is 0.799. The molecule has 0 amide bonds. The standard InChI is InChI=1S/C15H23N3/c1-2-18(15-8-9-15)11-14-5-3-4-13(17-14)10-16-12-6-7-12/h3-5,12,15-16H,2,6-11H2,1H3. The first-order valence-electron chi connectivity index (χ1n) is 7.27. The summed E-state index contributed by atoms with van der Waals surface area (Å²) in [5.41, 5.74) is 2.41.